The maximum Gasteiger partial charge on any atom is 0.305 e. The smallest absolute Gasteiger partial charge is 0.305 e. The van der Waals surface area contributed by atoms with Crippen molar-refractivity contribution in [1.82, 2.24) is 15.6 Å². The lowest BCUT2D eigenvalue weighted by Crippen LogP contribution is -2.37. The van der Waals surface area contributed by atoms with E-state index < -0.39 is 0 Å². The summed E-state index contributed by atoms with van der Waals surface area (Å²) in [6, 6.07) is 0. The van der Waals surface area contributed by atoms with Gasteiger partial charge in [0, 0.05) is 31.1 Å². The summed E-state index contributed by atoms with van der Waals surface area (Å²) in [7, 11) is 1.77. The highest BCUT2D eigenvalue weighted by atomic mass is 32.1. The second-order valence-electron chi connectivity index (χ2n) is 5.40. The molecule has 0 fully saturated rings. The Balaban J connectivity index is 2.06. The van der Waals surface area contributed by atoms with Crippen LogP contribution in [0.1, 0.15) is 55.8 Å². The first-order valence-corrected chi connectivity index (χ1v) is 9.54. The Morgan fingerprint density at radius 3 is 2.71 bits per heavy atom. The number of carbonyl (C=O) groups excluding carboxylic acids is 1. The molecule has 1 heterocycles. The molecule has 1 aromatic heterocycles. The van der Waals surface area contributed by atoms with Crippen molar-refractivity contribution in [3.8, 4) is 0 Å². The highest BCUT2D eigenvalue weighted by Crippen LogP contribution is 2.12. The van der Waals surface area contributed by atoms with Crippen molar-refractivity contribution >= 4 is 23.3 Å². The van der Waals surface area contributed by atoms with Crippen LogP contribution >= 0.6 is 11.3 Å². The summed E-state index contributed by atoms with van der Waals surface area (Å²) in [4.78, 5) is 21.1. The summed E-state index contributed by atoms with van der Waals surface area (Å²) < 4.78 is 4.91. The minimum atomic E-state index is -0.0892. The molecule has 136 valence electrons. The molecule has 0 atom stereocenters. The number of aromatic nitrogens is 1. The quantitative estimate of drug-likeness (QED) is 0.277. The number of carbonyl (C=O) groups is 1. The molecule has 0 amide bonds. The zero-order chi connectivity index (χ0) is 17.6. The number of thiazole rings is 1. The van der Waals surface area contributed by atoms with E-state index in [0.29, 0.717) is 19.6 Å². The van der Waals surface area contributed by atoms with Gasteiger partial charge in [0.15, 0.2) is 5.96 Å². The van der Waals surface area contributed by atoms with Crippen molar-refractivity contribution in [2.24, 2.45) is 4.99 Å². The Morgan fingerprint density at radius 2 is 2.04 bits per heavy atom. The summed E-state index contributed by atoms with van der Waals surface area (Å²) in [6.07, 6.45) is 7.59. The van der Waals surface area contributed by atoms with E-state index in [9.17, 15) is 4.79 Å². The van der Waals surface area contributed by atoms with Crippen LogP contribution in [0.4, 0.5) is 0 Å². The van der Waals surface area contributed by atoms with Gasteiger partial charge in [0.1, 0.15) is 5.01 Å². The fourth-order valence-electron chi connectivity index (χ4n) is 2.16. The Bertz CT molecular complexity index is 503. The second-order valence-corrected chi connectivity index (χ2v) is 6.60. The number of unbranched alkanes of at least 4 members (excludes halogenated alkanes) is 3. The van der Waals surface area contributed by atoms with E-state index in [-0.39, 0.29) is 5.97 Å². The lowest BCUT2D eigenvalue weighted by molar-refractivity contribution is -0.143. The molecule has 0 aromatic carbocycles. The van der Waals surface area contributed by atoms with Crippen LogP contribution in [0.3, 0.4) is 0 Å². The number of esters is 1. The molecule has 0 aliphatic heterocycles. The molecule has 0 bridgehead atoms. The van der Waals surface area contributed by atoms with Gasteiger partial charge in [0.25, 0.3) is 0 Å². The molecule has 0 saturated heterocycles. The number of nitrogens with one attached hydrogen (secondary N) is 2. The summed E-state index contributed by atoms with van der Waals surface area (Å²) in [5, 5.41) is 7.66. The van der Waals surface area contributed by atoms with Crippen LogP contribution in [0.2, 0.25) is 0 Å². The van der Waals surface area contributed by atoms with E-state index >= 15 is 0 Å². The van der Waals surface area contributed by atoms with Crippen molar-refractivity contribution in [1.29, 1.82) is 0 Å². The molecule has 0 spiro atoms. The third-order valence-electron chi connectivity index (χ3n) is 3.49. The third kappa shape index (κ3) is 8.86. The first kappa shape index (κ1) is 20.4. The molecule has 0 radical (unpaired) electrons. The Hall–Kier alpha value is -1.63. The molecule has 6 nitrogen and oxygen atoms in total. The van der Waals surface area contributed by atoms with E-state index in [2.05, 4.69) is 27.5 Å². The average molecular weight is 355 g/mol. The Labute approximate surface area is 149 Å². The van der Waals surface area contributed by atoms with Crippen LogP contribution in [-0.2, 0) is 22.5 Å². The van der Waals surface area contributed by atoms with Gasteiger partial charge in [-0.05, 0) is 26.2 Å². The summed E-state index contributed by atoms with van der Waals surface area (Å²) >= 11 is 1.73. The molecular weight excluding hydrogens is 324 g/mol. The van der Waals surface area contributed by atoms with Crippen LogP contribution in [-0.4, -0.2) is 37.1 Å². The molecule has 0 aliphatic rings. The second kappa shape index (κ2) is 12.8. The summed E-state index contributed by atoms with van der Waals surface area (Å²) in [5.74, 6) is 0.711. The van der Waals surface area contributed by atoms with Crippen LogP contribution in [0.25, 0.3) is 0 Å². The number of hydrogen-bond donors (Lipinski definition) is 2. The van der Waals surface area contributed by atoms with Gasteiger partial charge in [-0.2, -0.15) is 0 Å². The van der Waals surface area contributed by atoms with Crippen LogP contribution in [0.15, 0.2) is 11.2 Å². The fourth-order valence-corrected chi connectivity index (χ4v) is 2.96. The lowest BCUT2D eigenvalue weighted by atomic mass is 10.1. The van der Waals surface area contributed by atoms with Gasteiger partial charge in [0.05, 0.1) is 13.2 Å². The largest absolute Gasteiger partial charge is 0.466 e. The van der Waals surface area contributed by atoms with Crippen molar-refractivity contribution in [2.75, 3.05) is 20.2 Å². The van der Waals surface area contributed by atoms with Gasteiger partial charge >= 0.3 is 5.97 Å². The zero-order valence-corrected chi connectivity index (χ0v) is 15.9. The van der Waals surface area contributed by atoms with Crippen molar-refractivity contribution in [2.45, 2.75) is 58.9 Å². The molecule has 1 aromatic rings. The van der Waals surface area contributed by atoms with E-state index in [1.54, 1.807) is 18.4 Å². The van der Waals surface area contributed by atoms with Gasteiger partial charge in [0.2, 0.25) is 0 Å². The van der Waals surface area contributed by atoms with E-state index in [0.717, 1.165) is 49.6 Å². The average Bonchev–Trinajstić information content (AvgIpc) is 3.05. The van der Waals surface area contributed by atoms with Gasteiger partial charge in [-0.25, -0.2) is 4.98 Å². The molecule has 0 aliphatic carbocycles. The number of aliphatic imine (C=N–C) groups is 1. The first-order chi connectivity index (χ1) is 11.7. The van der Waals surface area contributed by atoms with Crippen LogP contribution < -0.4 is 10.6 Å². The number of nitrogens with zero attached hydrogens (tertiary/aromatic N) is 2. The highest BCUT2D eigenvalue weighted by molar-refractivity contribution is 7.11. The molecule has 0 saturated carbocycles. The number of ether oxygens (including phenoxy) is 1. The fraction of sp³-hybridized carbons (Fsp3) is 0.706. The standard InChI is InChI=1S/C17H30N4O2S/c1-4-14-12-20-15(24-14)13-21-17(18-3)19-11-9-7-6-8-10-16(22)23-5-2/h12H,4-11,13H2,1-3H3,(H2,18,19,21). The molecule has 0 unspecified atom stereocenters. The Kier molecular flexibility index (Phi) is 10.8. The predicted molar refractivity (Wildman–Crippen MR) is 99.4 cm³/mol. The van der Waals surface area contributed by atoms with E-state index in [1.807, 2.05) is 13.1 Å². The molecule has 7 heteroatoms. The minimum absolute atomic E-state index is 0.0892. The SMILES string of the molecule is CCOC(=O)CCCCCCNC(=NC)NCc1ncc(CC)s1. The van der Waals surface area contributed by atoms with Gasteiger partial charge in [-0.1, -0.05) is 19.8 Å². The summed E-state index contributed by atoms with van der Waals surface area (Å²) in [6.45, 7) is 6.01. The maximum absolute atomic E-state index is 11.2. The van der Waals surface area contributed by atoms with Crippen molar-refractivity contribution in [3.05, 3.63) is 16.1 Å². The maximum atomic E-state index is 11.2. The monoisotopic (exact) mass is 354 g/mol. The Morgan fingerprint density at radius 1 is 1.25 bits per heavy atom. The minimum Gasteiger partial charge on any atom is -0.466 e. The molecule has 24 heavy (non-hydrogen) atoms. The number of rotatable bonds is 11. The van der Waals surface area contributed by atoms with Gasteiger partial charge in [-0.15, -0.1) is 11.3 Å². The van der Waals surface area contributed by atoms with Crippen molar-refractivity contribution < 1.29 is 9.53 Å². The molecular formula is C17H30N4O2S. The van der Waals surface area contributed by atoms with E-state index in [4.69, 9.17) is 4.74 Å². The number of aryl methyl sites for hydroxylation is 1. The lowest BCUT2D eigenvalue weighted by Gasteiger charge is -2.10. The van der Waals surface area contributed by atoms with Crippen LogP contribution in [0, 0.1) is 0 Å². The van der Waals surface area contributed by atoms with Crippen LogP contribution in [0.5, 0.6) is 0 Å². The first-order valence-electron chi connectivity index (χ1n) is 8.73. The van der Waals surface area contributed by atoms with Gasteiger partial charge < -0.3 is 15.4 Å². The summed E-state index contributed by atoms with van der Waals surface area (Å²) in [5.41, 5.74) is 0. The van der Waals surface area contributed by atoms with Gasteiger partial charge in [-0.3, -0.25) is 9.79 Å². The van der Waals surface area contributed by atoms with Crippen molar-refractivity contribution in [3.63, 3.8) is 0 Å². The molecule has 1 rings (SSSR count). The topological polar surface area (TPSA) is 75.6 Å². The third-order valence-corrected chi connectivity index (χ3v) is 4.63. The highest BCUT2D eigenvalue weighted by Gasteiger charge is 2.03. The predicted octanol–water partition coefficient (Wildman–Crippen LogP) is 2.88. The normalized spacial score (nSPS) is 11.4. The number of hydrogen-bond acceptors (Lipinski definition) is 5. The van der Waals surface area contributed by atoms with E-state index in [1.165, 1.54) is 4.88 Å². The number of guanidine groups is 1. The zero-order valence-electron chi connectivity index (χ0n) is 15.1. The molecule has 2 N–H and O–H groups in total.